The second kappa shape index (κ2) is 3.17. The molecule has 0 fully saturated rings. The van der Waals surface area contributed by atoms with Gasteiger partial charge in [-0.3, -0.25) is 0 Å². The van der Waals surface area contributed by atoms with Crippen LogP contribution in [0.4, 0.5) is 0 Å². The van der Waals surface area contributed by atoms with Crippen LogP contribution >= 0.6 is 22.6 Å². The fourth-order valence-corrected chi connectivity index (χ4v) is 1.23. The molecule has 0 atom stereocenters. The lowest BCUT2D eigenvalue weighted by Crippen LogP contribution is -2.01. The first-order valence-electron chi connectivity index (χ1n) is 2.96. The van der Waals surface area contributed by atoms with E-state index in [-0.39, 0.29) is 5.56 Å². The van der Waals surface area contributed by atoms with Crippen LogP contribution in [0.5, 0.6) is 0 Å². The highest BCUT2D eigenvalue weighted by atomic mass is 127. The van der Waals surface area contributed by atoms with Crippen LogP contribution < -0.4 is 0 Å². The van der Waals surface area contributed by atoms with Crippen LogP contribution in [-0.4, -0.2) is 16.1 Å². The summed E-state index contributed by atoms with van der Waals surface area (Å²) in [6, 6.07) is 1.61. The zero-order chi connectivity index (χ0) is 8.43. The highest BCUT2D eigenvalue weighted by molar-refractivity contribution is 14.1. The van der Waals surface area contributed by atoms with E-state index < -0.39 is 5.97 Å². The molecule has 58 valence electrons. The second-order valence-electron chi connectivity index (χ2n) is 2.16. The fraction of sp³-hybridized carbons (Fsp3) is 0.143. The molecule has 1 aromatic heterocycles. The Kier molecular flexibility index (Phi) is 2.43. The van der Waals surface area contributed by atoms with Crippen LogP contribution in [0.1, 0.15) is 15.9 Å². The molecule has 0 bridgehead atoms. The number of carbonyl (C=O) groups is 1. The Morgan fingerprint density at radius 1 is 1.73 bits per heavy atom. The van der Waals surface area contributed by atoms with Crippen molar-refractivity contribution < 1.29 is 9.90 Å². The van der Waals surface area contributed by atoms with Gasteiger partial charge in [0.15, 0.2) is 0 Å². The number of carboxylic acids is 1. The number of aromatic carboxylic acids is 1. The number of aromatic nitrogens is 1. The molecule has 0 aromatic carbocycles. The molecule has 1 rings (SSSR count). The van der Waals surface area contributed by atoms with Crippen LogP contribution in [-0.2, 0) is 0 Å². The van der Waals surface area contributed by atoms with Crippen molar-refractivity contribution in [2.75, 3.05) is 0 Å². The number of halogens is 1. The van der Waals surface area contributed by atoms with Crippen LogP contribution in [0.2, 0.25) is 0 Å². The van der Waals surface area contributed by atoms with Gasteiger partial charge >= 0.3 is 5.97 Å². The molecule has 0 amide bonds. The van der Waals surface area contributed by atoms with Gasteiger partial charge in [-0.15, -0.1) is 0 Å². The van der Waals surface area contributed by atoms with Crippen molar-refractivity contribution in [3.8, 4) is 0 Å². The summed E-state index contributed by atoms with van der Waals surface area (Å²) in [7, 11) is 0. The van der Waals surface area contributed by atoms with Crippen molar-refractivity contribution in [2.24, 2.45) is 0 Å². The summed E-state index contributed by atoms with van der Waals surface area (Å²) < 4.78 is 0.528. The predicted molar refractivity (Wildman–Crippen MR) is 48.7 cm³/mol. The van der Waals surface area contributed by atoms with Gasteiger partial charge in [-0.05, 0) is 41.1 Å². The number of nitrogens with zero attached hydrogens (tertiary/aromatic N) is 1. The third-order valence-electron chi connectivity index (χ3n) is 1.21. The Morgan fingerprint density at radius 2 is 2.36 bits per heavy atom. The SMILES string of the molecule is Cc1cnc(I)c(C(=O)O)c1. The quantitative estimate of drug-likeness (QED) is 0.619. The molecule has 0 aliphatic rings. The molecule has 1 aromatic rings. The van der Waals surface area contributed by atoms with Crippen molar-refractivity contribution in [3.63, 3.8) is 0 Å². The zero-order valence-electron chi connectivity index (χ0n) is 5.84. The lowest BCUT2D eigenvalue weighted by molar-refractivity contribution is 0.0695. The summed E-state index contributed by atoms with van der Waals surface area (Å²) in [5, 5.41) is 8.65. The molecular weight excluding hydrogens is 257 g/mol. The van der Waals surface area contributed by atoms with E-state index in [0.29, 0.717) is 3.70 Å². The van der Waals surface area contributed by atoms with E-state index in [0.717, 1.165) is 5.56 Å². The topological polar surface area (TPSA) is 50.2 Å². The summed E-state index contributed by atoms with van der Waals surface area (Å²) in [5.74, 6) is -0.925. The summed E-state index contributed by atoms with van der Waals surface area (Å²) >= 11 is 1.90. The Balaban J connectivity index is 3.23. The minimum atomic E-state index is -0.925. The molecule has 11 heavy (non-hydrogen) atoms. The Bertz CT molecular complexity index is 298. The molecule has 0 aliphatic heterocycles. The van der Waals surface area contributed by atoms with Crippen molar-refractivity contribution in [1.29, 1.82) is 0 Å². The third-order valence-corrected chi connectivity index (χ3v) is 2.07. The lowest BCUT2D eigenvalue weighted by atomic mass is 10.2. The molecule has 1 heterocycles. The number of hydrogen-bond acceptors (Lipinski definition) is 2. The van der Waals surface area contributed by atoms with Gasteiger partial charge in [-0.2, -0.15) is 0 Å². The van der Waals surface area contributed by atoms with Gasteiger partial charge in [0.1, 0.15) is 3.70 Å². The van der Waals surface area contributed by atoms with E-state index in [1.54, 1.807) is 12.3 Å². The maximum Gasteiger partial charge on any atom is 0.338 e. The van der Waals surface area contributed by atoms with E-state index in [1.807, 2.05) is 29.5 Å². The average molecular weight is 263 g/mol. The van der Waals surface area contributed by atoms with E-state index in [1.165, 1.54) is 0 Å². The van der Waals surface area contributed by atoms with Gasteiger partial charge in [0.25, 0.3) is 0 Å². The summed E-state index contributed by atoms with van der Waals surface area (Å²) in [6.45, 7) is 1.82. The molecule has 0 aliphatic carbocycles. The van der Waals surface area contributed by atoms with Crippen molar-refractivity contribution in [2.45, 2.75) is 6.92 Å². The van der Waals surface area contributed by atoms with E-state index >= 15 is 0 Å². The molecule has 0 unspecified atom stereocenters. The van der Waals surface area contributed by atoms with Gasteiger partial charge in [-0.1, -0.05) is 0 Å². The standard InChI is InChI=1S/C7H6INO2/c1-4-2-5(7(10)11)6(8)9-3-4/h2-3H,1H3,(H,10,11). The van der Waals surface area contributed by atoms with E-state index in [2.05, 4.69) is 4.98 Å². The second-order valence-corrected chi connectivity index (χ2v) is 3.18. The third kappa shape index (κ3) is 1.89. The predicted octanol–water partition coefficient (Wildman–Crippen LogP) is 1.69. The molecule has 4 heteroatoms. The van der Waals surface area contributed by atoms with Crippen LogP contribution in [0.3, 0.4) is 0 Å². The molecule has 3 nitrogen and oxygen atoms in total. The molecule has 1 N–H and O–H groups in total. The van der Waals surface area contributed by atoms with Gasteiger partial charge in [-0.25, -0.2) is 9.78 Å². The highest BCUT2D eigenvalue weighted by Crippen LogP contribution is 2.10. The highest BCUT2D eigenvalue weighted by Gasteiger charge is 2.07. The first-order valence-corrected chi connectivity index (χ1v) is 4.04. The Labute approximate surface area is 77.6 Å². The van der Waals surface area contributed by atoms with E-state index in [4.69, 9.17) is 5.11 Å². The average Bonchev–Trinajstić information content (AvgIpc) is 1.94. The van der Waals surface area contributed by atoms with Crippen LogP contribution in [0.15, 0.2) is 12.3 Å². The van der Waals surface area contributed by atoms with Gasteiger partial charge in [0.05, 0.1) is 5.56 Å². The monoisotopic (exact) mass is 263 g/mol. The number of aryl methyl sites for hydroxylation is 1. The molecule has 0 saturated heterocycles. The minimum absolute atomic E-state index is 0.269. The zero-order valence-corrected chi connectivity index (χ0v) is 7.99. The Morgan fingerprint density at radius 3 is 2.82 bits per heavy atom. The van der Waals surface area contributed by atoms with Crippen molar-refractivity contribution in [1.82, 2.24) is 4.98 Å². The Hall–Kier alpha value is -0.650. The number of hydrogen-bond donors (Lipinski definition) is 1. The first kappa shape index (κ1) is 8.45. The van der Waals surface area contributed by atoms with Gasteiger partial charge < -0.3 is 5.11 Å². The summed E-state index contributed by atoms with van der Waals surface area (Å²) in [5.41, 5.74) is 1.13. The van der Waals surface area contributed by atoms with Crippen molar-refractivity contribution in [3.05, 3.63) is 27.1 Å². The number of pyridine rings is 1. The minimum Gasteiger partial charge on any atom is -0.478 e. The number of carboxylic acid groups (broad SMARTS) is 1. The van der Waals surface area contributed by atoms with Gasteiger partial charge in [0.2, 0.25) is 0 Å². The maximum atomic E-state index is 10.5. The first-order chi connectivity index (χ1) is 5.11. The van der Waals surface area contributed by atoms with Crippen molar-refractivity contribution >= 4 is 28.6 Å². The fourth-order valence-electron chi connectivity index (χ4n) is 0.702. The molecule has 0 saturated carbocycles. The molecule has 0 radical (unpaired) electrons. The largest absolute Gasteiger partial charge is 0.478 e. The maximum absolute atomic E-state index is 10.5. The molecule has 0 spiro atoms. The smallest absolute Gasteiger partial charge is 0.338 e. The normalized spacial score (nSPS) is 9.64. The van der Waals surface area contributed by atoms with Crippen LogP contribution in [0.25, 0.3) is 0 Å². The molecular formula is C7H6INO2. The number of rotatable bonds is 1. The lowest BCUT2D eigenvalue weighted by Gasteiger charge is -1.97. The summed E-state index contributed by atoms with van der Waals surface area (Å²) in [4.78, 5) is 14.4. The van der Waals surface area contributed by atoms with Crippen LogP contribution in [0, 0.1) is 10.6 Å². The summed E-state index contributed by atoms with van der Waals surface area (Å²) in [6.07, 6.45) is 1.65. The van der Waals surface area contributed by atoms with E-state index in [9.17, 15) is 4.79 Å². The van der Waals surface area contributed by atoms with Gasteiger partial charge in [0, 0.05) is 6.20 Å².